The van der Waals surface area contributed by atoms with E-state index in [1.54, 1.807) is 0 Å². The molecule has 0 unspecified atom stereocenters. The minimum Gasteiger partial charge on any atom is -0.465 e. The van der Waals surface area contributed by atoms with Gasteiger partial charge in [0.15, 0.2) is 7.36 Å². The highest BCUT2D eigenvalue weighted by molar-refractivity contribution is 14.1. The molecular weight excluding hydrogens is 564 g/mol. The van der Waals surface area contributed by atoms with E-state index in [2.05, 4.69) is 107 Å². The van der Waals surface area contributed by atoms with Gasteiger partial charge in [-0.05, 0) is 64.6 Å². The number of ether oxygens (including phenoxy) is 1. The summed E-state index contributed by atoms with van der Waals surface area (Å²) in [6.45, 7) is 6.04. The third kappa shape index (κ3) is 4.44. The van der Waals surface area contributed by atoms with E-state index in [1.807, 2.05) is 12.1 Å². The molecule has 0 bridgehead atoms. The molecule has 2 heterocycles. The van der Waals surface area contributed by atoms with Crippen molar-refractivity contribution >= 4 is 70.0 Å². The zero-order chi connectivity index (χ0) is 23.6. The molecule has 33 heavy (non-hydrogen) atoms. The summed E-state index contributed by atoms with van der Waals surface area (Å²) in [6, 6.07) is 20.7. The molecule has 2 aromatic carbocycles. The Balaban J connectivity index is 2.07. The molecule has 0 amide bonds. The maximum Gasteiger partial charge on any atom is 0.348 e. The van der Waals surface area contributed by atoms with E-state index in [-0.39, 0.29) is 5.97 Å². The zero-order valence-corrected chi connectivity index (χ0v) is 23.0. The van der Waals surface area contributed by atoms with Crippen LogP contribution in [-0.4, -0.2) is 42.6 Å². The molecular formula is C25H27IN3O2PS. The first-order valence-electron chi connectivity index (χ1n) is 10.8. The molecule has 1 aromatic heterocycles. The van der Waals surface area contributed by atoms with Gasteiger partial charge in [0.1, 0.15) is 4.88 Å². The van der Waals surface area contributed by atoms with Crippen LogP contribution in [-0.2, 0) is 4.74 Å². The Morgan fingerprint density at radius 1 is 1.12 bits per heavy atom. The van der Waals surface area contributed by atoms with E-state index >= 15 is 0 Å². The highest BCUT2D eigenvalue weighted by Gasteiger charge is 2.41. The van der Waals surface area contributed by atoms with Crippen molar-refractivity contribution in [1.29, 1.82) is 0 Å². The minimum atomic E-state index is -2.45. The van der Waals surface area contributed by atoms with Crippen molar-refractivity contribution in [3.63, 3.8) is 0 Å². The van der Waals surface area contributed by atoms with Crippen LogP contribution >= 0.6 is 41.3 Å². The van der Waals surface area contributed by atoms with E-state index in [0.717, 1.165) is 40.2 Å². The average Bonchev–Trinajstić information content (AvgIpc) is 3.28. The van der Waals surface area contributed by atoms with Gasteiger partial charge in [-0.15, -0.1) is 11.3 Å². The third-order valence-corrected chi connectivity index (χ3v) is 11.6. The van der Waals surface area contributed by atoms with Gasteiger partial charge in [0.05, 0.1) is 18.5 Å². The molecule has 0 saturated carbocycles. The Morgan fingerprint density at radius 3 is 2.39 bits per heavy atom. The molecule has 3 aromatic rings. The maximum absolute atomic E-state index is 12.5. The van der Waals surface area contributed by atoms with Crippen molar-refractivity contribution in [1.82, 2.24) is 9.34 Å². The van der Waals surface area contributed by atoms with Gasteiger partial charge in [0.2, 0.25) is 0 Å². The van der Waals surface area contributed by atoms with E-state index in [1.165, 1.54) is 22.0 Å². The summed E-state index contributed by atoms with van der Waals surface area (Å²) in [5.74, 6) is -0.307. The first-order chi connectivity index (χ1) is 15.9. The van der Waals surface area contributed by atoms with Gasteiger partial charge in [-0.25, -0.2) is 9.54 Å². The fourth-order valence-electron chi connectivity index (χ4n) is 4.16. The number of benzene rings is 2. The van der Waals surface area contributed by atoms with Crippen LogP contribution in [0, 0.1) is 3.57 Å². The molecule has 4 rings (SSSR count). The van der Waals surface area contributed by atoms with Gasteiger partial charge in [-0.3, -0.25) is 4.67 Å². The summed E-state index contributed by atoms with van der Waals surface area (Å²) < 4.78 is 16.5. The Bertz CT molecular complexity index is 1230. The first-order valence-corrected chi connectivity index (χ1v) is 14.4. The van der Waals surface area contributed by atoms with Gasteiger partial charge < -0.3 is 9.41 Å². The number of methoxy groups -OCH3 is 1. The smallest absolute Gasteiger partial charge is 0.348 e. The number of hydrogen-bond acceptors (Lipinski definition) is 4. The van der Waals surface area contributed by atoms with Crippen molar-refractivity contribution in [3.05, 3.63) is 79.6 Å². The molecule has 0 fully saturated rings. The summed E-state index contributed by atoms with van der Waals surface area (Å²) in [5.41, 5.74) is 3.18. The fourth-order valence-corrected chi connectivity index (χ4v) is 9.78. The molecule has 0 aliphatic carbocycles. The monoisotopic (exact) mass is 591 g/mol. The predicted molar refractivity (Wildman–Crippen MR) is 148 cm³/mol. The average molecular weight is 591 g/mol. The van der Waals surface area contributed by atoms with Crippen LogP contribution in [0.5, 0.6) is 0 Å². The van der Waals surface area contributed by atoms with Crippen molar-refractivity contribution < 1.29 is 9.53 Å². The van der Waals surface area contributed by atoms with Crippen molar-refractivity contribution in [2.24, 2.45) is 4.74 Å². The summed E-state index contributed by atoms with van der Waals surface area (Å²) in [7, 11) is 1.12. The van der Waals surface area contributed by atoms with Crippen LogP contribution in [0.1, 0.15) is 34.0 Å². The standard InChI is InChI=1S/C25H27IN3O2PS/c1-5-29(6-2)32(27-20-14-12-19(26)13-15-20)22-17-24(25(30)31-4)33-23(22)16-21(28(32)3)18-10-8-7-9-11-18/h7-17H,5-6H2,1-4H3/t32-/m0/s1. The first kappa shape index (κ1) is 24.2. The lowest BCUT2D eigenvalue weighted by molar-refractivity contribution is 0.0606. The van der Waals surface area contributed by atoms with E-state index < -0.39 is 7.36 Å². The van der Waals surface area contributed by atoms with Gasteiger partial charge in [0, 0.05) is 33.9 Å². The lowest BCUT2D eigenvalue weighted by Crippen LogP contribution is -2.37. The molecule has 0 N–H and O–H groups in total. The Morgan fingerprint density at radius 2 is 1.79 bits per heavy atom. The molecule has 172 valence electrons. The summed E-state index contributed by atoms with van der Waals surface area (Å²) in [4.78, 5) is 14.2. The van der Waals surface area contributed by atoms with Crippen LogP contribution in [0.25, 0.3) is 11.8 Å². The largest absolute Gasteiger partial charge is 0.465 e. The normalized spacial score (nSPS) is 17.5. The Kier molecular flexibility index (Phi) is 7.43. The lowest BCUT2D eigenvalue weighted by atomic mass is 10.1. The second kappa shape index (κ2) is 10.1. The quantitative estimate of drug-likeness (QED) is 0.178. The predicted octanol–water partition coefficient (Wildman–Crippen LogP) is 6.91. The van der Waals surface area contributed by atoms with E-state index in [4.69, 9.17) is 9.48 Å². The van der Waals surface area contributed by atoms with E-state index in [0.29, 0.717) is 4.88 Å². The SMILES string of the molecule is CCN(CC)[P@]1(=Nc2ccc(I)cc2)c2cc(C(=O)OC)sc2C=C(c2ccccc2)N1C. The summed E-state index contributed by atoms with van der Waals surface area (Å²) in [6.07, 6.45) is 2.19. The summed E-state index contributed by atoms with van der Waals surface area (Å²) >= 11 is 3.80. The number of carbonyl (C=O) groups is 1. The Labute approximate surface area is 213 Å². The van der Waals surface area contributed by atoms with Crippen LogP contribution in [0.2, 0.25) is 0 Å². The highest BCUT2D eigenvalue weighted by atomic mass is 127. The van der Waals surface area contributed by atoms with Gasteiger partial charge in [-0.2, -0.15) is 0 Å². The zero-order valence-electron chi connectivity index (χ0n) is 19.2. The topological polar surface area (TPSA) is 45.1 Å². The molecule has 0 spiro atoms. The third-order valence-electron chi connectivity index (χ3n) is 5.76. The van der Waals surface area contributed by atoms with Crippen LogP contribution in [0.15, 0.2) is 65.4 Å². The van der Waals surface area contributed by atoms with Crippen LogP contribution in [0.4, 0.5) is 5.69 Å². The number of esters is 1. The van der Waals surface area contributed by atoms with Gasteiger partial charge >= 0.3 is 5.97 Å². The molecule has 1 aliphatic heterocycles. The molecule has 5 nitrogen and oxygen atoms in total. The number of hydrogen-bond donors (Lipinski definition) is 0. The second-order valence-electron chi connectivity index (χ2n) is 7.55. The van der Waals surface area contributed by atoms with Gasteiger partial charge in [-0.1, -0.05) is 44.2 Å². The van der Waals surface area contributed by atoms with Crippen LogP contribution < -0.4 is 5.30 Å². The highest BCUT2D eigenvalue weighted by Crippen LogP contribution is 2.63. The number of carbonyl (C=O) groups excluding carboxylic acids is 1. The maximum atomic E-state index is 12.5. The number of fused-ring (bicyclic) bond motifs is 1. The minimum absolute atomic E-state index is 0.307. The molecule has 0 saturated heterocycles. The van der Waals surface area contributed by atoms with Crippen molar-refractivity contribution in [3.8, 4) is 0 Å². The number of nitrogens with zero attached hydrogens (tertiary/aromatic N) is 3. The van der Waals surface area contributed by atoms with E-state index in [9.17, 15) is 4.79 Å². The lowest BCUT2D eigenvalue weighted by Gasteiger charge is -2.45. The van der Waals surface area contributed by atoms with Crippen LogP contribution in [0.3, 0.4) is 0 Å². The van der Waals surface area contributed by atoms with Crippen molar-refractivity contribution in [2.75, 3.05) is 27.2 Å². The number of rotatable bonds is 6. The fraction of sp³-hybridized carbons (Fsp3) is 0.240. The molecule has 0 radical (unpaired) electrons. The van der Waals surface area contributed by atoms with Gasteiger partial charge in [0.25, 0.3) is 0 Å². The number of thiophene rings is 1. The molecule has 1 atom stereocenters. The number of halogens is 1. The second-order valence-corrected chi connectivity index (χ2v) is 12.9. The molecule has 1 aliphatic rings. The Hall–Kier alpha value is -1.93. The summed E-state index contributed by atoms with van der Waals surface area (Å²) in [5, 5.41) is 1.11. The van der Waals surface area contributed by atoms with Crippen molar-refractivity contribution in [2.45, 2.75) is 13.8 Å². The molecule has 8 heteroatoms.